The zero-order chi connectivity index (χ0) is 20.3. The van der Waals surface area contributed by atoms with Crippen molar-refractivity contribution in [2.75, 3.05) is 39.3 Å². The molecule has 2 atom stereocenters. The fourth-order valence-electron chi connectivity index (χ4n) is 3.75. The van der Waals surface area contributed by atoms with Crippen LogP contribution in [0.3, 0.4) is 0 Å². The van der Waals surface area contributed by atoms with Crippen molar-refractivity contribution in [3.05, 3.63) is 35.6 Å². The number of morpholine rings is 1. The lowest BCUT2D eigenvalue weighted by Crippen LogP contribution is -2.57. The zero-order valence-corrected chi connectivity index (χ0v) is 17.2. The Labute approximate surface area is 166 Å². The predicted octanol–water partition coefficient (Wildman–Crippen LogP) is 1.26. The number of aryl methyl sites for hydroxylation is 1. The fourth-order valence-corrected chi connectivity index (χ4v) is 5.50. The SMILES string of the molecule is C[C@H]1CN(S(=O)(=O)N2CCN(C(=O)CCc3ccccc3F)CC2)C[C@H](C)O1. The number of benzene rings is 1. The molecule has 9 heteroatoms. The summed E-state index contributed by atoms with van der Waals surface area (Å²) < 4.78 is 48.0. The van der Waals surface area contributed by atoms with Crippen molar-refractivity contribution in [3.8, 4) is 0 Å². The molecule has 1 aromatic rings. The number of rotatable bonds is 5. The summed E-state index contributed by atoms with van der Waals surface area (Å²) in [6, 6.07) is 6.43. The van der Waals surface area contributed by atoms with E-state index in [4.69, 9.17) is 4.74 Å². The van der Waals surface area contributed by atoms with Gasteiger partial charge >= 0.3 is 0 Å². The number of hydrogen-bond acceptors (Lipinski definition) is 4. The lowest BCUT2D eigenvalue weighted by molar-refractivity contribution is -0.132. The summed E-state index contributed by atoms with van der Waals surface area (Å²) in [5, 5.41) is 0. The van der Waals surface area contributed by atoms with Crippen LogP contribution in [-0.4, -0.2) is 79.3 Å². The van der Waals surface area contributed by atoms with Gasteiger partial charge < -0.3 is 9.64 Å². The predicted molar refractivity (Wildman–Crippen MR) is 103 cm³/mol. The maximum atomic E-state index is 13.7. The van der Waals surface area contributed by atoms with Gasteiger partial charge in [0.15, 0.2) is 0 Å². The summed E-state index contributed by atoms with van der Waals surface area (Å²) in [7, 11) is -3.56. The topological polar surface area (TPSA) is 70.2 Å². The van der Waals surface area contributed by atoms with E-state index in [9.17, 15) is 17.6 Å². The van der Waals surface area contributed by atoms with Gasteiger partial charge in [-0.2, -0.15) is 17.0 Å². The second-order valence-corrected chi connectivity index (χ2v) is 9.38. The molecule has 3 rings (SSSR count). The molecule has 0 saturated carbocycles. The summed E-state index contributed by atoms with van der Waals surface area (Å²) in [6.45, 7) is 5.66. The molecular formula is C19H28FN3O4S. The Balaban J connectivity index is 1.52. The third-order valence-corrected chi connectivity index (χ3v) is 7.16. The van der Waals surface area contributed by atoms with E-state index in [0.717, 1.165) is 0 Å². The van der Waals surface area contributed by atoms with E-state index in [1.807, 2.05) is 13.8 Å². The Morgan fingerprint density at radius 3 is 2.29 bits per heavy atom. The van der Waals surface area contributed by atoms with E-state index < -0.39 is 10.2 Å². The first-order valence-electron chi connectivity index (χ1n) is 9.69. The number of carbonyl (C=O) groups is 1. The molecule has 1 aromatic carbocycles. The van der Waals surface area contributed by atoms with E-state index >= 15 is 0 Å². The number of amides is 1. The number of ether oxygens (including phenoxy) is 1. The lowest BCUT2D eigenvalue weighted by Gasteiger charge is -2.40. The Hall–Kier alpha value is -1.55. The van der Waals surface area contributed by atoms with Gasteiger partial charge in [0.1, 0.15) is 5.82 Å². The van der Waals surface area contributed by atoms with E-state index in [1.165, 1.54) is 14.7 Å². The van der Waals surface area contributed by atoms with Crippen molar-refractivity contribution >= 4 is 16.1 Å². The Morgan fingerprint density at radius 1 is 1.07 bits per heavy atom. The van der Waals surface area contributed by atoms with Crippen LogP contribution in [0.15, 0.2) is 24.3 Å². The van der Waals surface area contributed by atoms with E-state index in [-0.39, 0.29) is 43.4 Å². The van der Waals surface area contributed by atoms with Gasteiger partial charge in [-0.25, -0.2) is 4.39 Å². The van der Waals surface area contributed by atoms with Crippen LogP contribution in [-0.2, 0) is 26.2 Å². The minimum atomic E-state index is -3.56. The molecular weight excluding hydrogens is 385 g/mol. The van der Waals surface area contributed by atoms with Crippen LogP contribution in [0.4, 0.5) is 4.39 Å². The van der Waals surface area contributed by atoms with Crippen molar-refractivity contribution < 1.29 is 22.3 Å². The van der Waals surface area contributed by atoms with Crippen molar-refractivity contribution in [2.45, 2.75) is 38.9 Å². The molecule has 0 radical (unpaired) electrons. The van der Waals surface area contributed by atoms with Crippen LogP contribution in [0, 0.1) is 5.82 Å². The molecule has 2 aliphatic rings. The minimum absolute atomic E-state index is 0.0751. The van der Waals surface area contributed by atoms with Crippen LogP contribution in [0.25, 0.3) is 0 Å². The normalized spacial score (nSPS) is 25.0. The molecule has 1 amide bonds. The van der Waals surface area contributed by atoms with E-state index in [2.05, 4.69) is 0 Å². The summed E-state index contributed by atoms with van der Waals surface area (Å²) in [6.07, 6.45) is 0.277. The zero-order valence-electron chi connectivity index (χ0n) is 16.4. The van der Waals surface area contributed by atoms with Crippen molar-refractivity contribution in [1.29, 1.82) is 0 Å². The largest absolute Gasteiger partial charge is 0.373 e. The second kappa shape index (κ2) is 8.86. The minimum Gasteiger partial charge on any atom is -0.373 e. The molecule has 0 aliphatic carbocycles. The molecule has 2 heterocycles. The molecule has 2 aliphatic heterocycles. The second-order valence-electron chi connectivity index (χ2n) is 7.45. The van der Waals surface area contributed by atoms with E-state index in [0.29, 0.717) is 38.2 Å². The summed E-state index contributed by atoms with van der Waals surface area (Å²) in [5.74, 6) is -0.380. The molecule has 0 aromatic heterocycles. The molecule has 156 valence electrons. The molecule has 2 fully saturated rings. The van der Waals surface area contributed by atoms with Crippen LogP contribution in [0.1, 0.15) is 25.8 Å². The lowest BCUT2D eigenvalue weighted by atomic mass is 10.1. The van der Waals surface area contributed by atoms with Gasteiger partial charge in [-0.3, -0.25) is 4.79 Å². The van der Waals surface area contributed by atoms with Gasteiger partial charge in [-0.15, -0.1) is 0 Å². The Morgan fingerprint density at radius 2 is 1.68 bits per heavy atom. The van der Waals surface area contributed by atoms with Crippen LogP contribution in [0.5, 0.6) is 0 Å². The number of hydrogen-bond donors (Lipinski definition) is 0. The fraction of sp³-hybridized carbons (Fsp3) is 0.632. The van der Waals surface area contributed by atoms with Crippen molar-refractivity contribution in [1.82, 2.24) is 13.5 Å². The van der Waals surface area contributed by atoms with Crippen molar-refractivity contribution in [2.24, 2.45) is 0 Å². The monoisotopic (exact) mass is 413 g/mol. The highest BCUT2D eigenvalue weighted by molar-refractivity contribution is 7.86. The number of halogens is 1. The molecule has 7 nitrogen and oxygen atoms in total. The summed E-state index contributed by atoms with van der Waals surface area (Å²) in [5.41, 5.74) is 0.521. The van der Waals surface area contributed by atoms with Crippen LogP contribution < -0.4 is 0 Å². The third kappa shape index (κ3) is 4.89. The smallest absolute Gasteiger partial charge is 0.282 e. The number of piperazine rings is 1. The first-order chi connectivity index (χ1) is 13.3. The molecule has 0 N–H and O–H groups in total. The first-order valence-corrected chi connectivity index (χ1v) is 11.1. The van der Waals surface area contributed by atoms with Gasteiger partial charge in [0.2, 0.25) is 5.91 Å². The maximum absolute atomic E-state index is 13.7. The Kier molecular flexibility index (Phi) is 6.69. The Bertz CT molecular complexity index is 786. The van der Waals surface area contributed by atoms with Crippen LogP contribution in [0.2, 0.25) is 0 Å². The number of carbonyl (C=O) groups excluding carboxylic acids is 1. The highest BCUT2D eigenvalue weighted by Crippen LogP contribution is 2.19. The molecule has 28 heavy (non-hydrogen) atoms. The van der Waals surface area contributed by atoms with Gasteiger partial charge in [-0.05, 0) is 31.9 Å². The summed E-state index contributed by atoms with van der Waals surface area (Å²) in [4.78, 5) is 14.1. The average Bonchev–Trinajstić information content (AvgIpc) is 2.66. The first kappa shape index (κ1) is 21.2. The average molecular weight is 414 g/mol. The van der Waals surface area contributed by atoms with Gasteiger partial charge in [0, 0.05) is 45.7 Å². The highest BCUT2D eigenvalue weighted by Gasteiger charge is 2.37. The van der Waals surface area contributed by atoms with Gasteiger partial charge in [0.05, 0.1) is 12.2 Å². The van der Waals surface area contributed by atoms with E-state index in [1.54, 1.807) is 23.1 Å². The maximum Gasteiger partial charge on any atom is 0.282 e. The molecule has 0 spiro atoms. The summed E-state index contributed by atoms with van der Waals surface area (Å²) >= 11 is 0. The van der Waals surface area contributed by atoms with Crippen molar-refractivity contribution in [3.63, 3.8) is 0 Å². The van der Waals surface area contributed by atoms with Gasteiger partial charge in [0.25, 0.3) is 10.2 Å². The molecule has 0 unspecified atom stereocenters. The van der Waals surface area contributed by atoms with Gasteiger partial charge in [-0.1, -0.05) is 18.2 Å². The van der Waals surface area contributed by atoms with Crippen LogP contribution >= 0.6 is 0 Å². The standard InChI is InChI=1S/C19H28FN3O4S/c1-15-13-23(14-16(2)27-15)28(25,26)22-11-9-21(10-12-22)19(24)8-7-17-5-3-4-6-18(17)20/h3-6,15-16H,7-14H2,1-2H3/t15-,16-/m0/s1. The third-order valence-electron chi connectivity index (χ3n) is 5.20. The number of nitrogens with zero attached hydrogens (tertiary/aromatic N) is 3. The highest BCUT2D eigenvalue weighted by atomic mass is 32.2. The molecule has 0 bridgehead atoms. The quantitative estimate of drug-likeness (QED) is 0.729. The molecule has 2 saturated heterocycles.